The molecule has 22 nitrogen and oxygen atoms in total. The SMILES string of the molecule is NC(=O)c1nc(CNc2ccc(C(=O)NCCCC(=O)NC(CC(=O)O)C(=O)NCC(=O)NC(CC(=O)O)C(=O)NCC(=O)O)cc2)cnc1N. The summed E-state index contributed by atoms with van der Waals surface area (Å²) in [5.41, 5.74) is 12.0. The topological polar surface area (TPSA) is 364 Å². The molecule has 2 atom stereocenters. The van der Waals surface area contributed by atoms with Crippen molar-refractivity contribution in [3.05, 3.63) is 47.4 Å². The molecule has 0 spiro atoms. The molecule has 0 saturated heterocycles. The van der Waals surface area contributed by atoms with Crippen LogP contribution in [-0.4, -0.2) is 110 Å². The minimum Gasteiger partial charge on any atom is -0.481 e. The molecule has 1 heterocycles. The van der Waals surface area contributed by atoms with Crippen LogP contribution in [0, 0.1) is 0 Å². The van der Waals surface area contributed by atoms with Gasteiger partial charge in [0.2, 0.25) is 23.6 Å². The molecule has 0 aliphatic carbocycles. The van der Waals surface area contributed by atoms with Crippen LogP contribution in [0.15, 0.2) is 30.5 Å². The molecule has 0 fully saturated rings. The van der Waals surface area contributed by atoms with Crippen LogP contribution in [0.25, 0.3) is 0 Å². The lowest BCUT2D eigenvalue weighted by molar-refractivity contribution is -0.141. The third-order valence-electron chi connectivity index (χ3n) is 6.47. The Bertz CT molecular complexity index is 1650. The number of nitrogen functional groups attached to an aromatic ring is 1. The zero-order valence-corrected chi connectivity index (χ0v) is 26.8. The second-order valence-electron chi connectivity index (χ2n) is 10.5. The number of aliphatic carboxylic acids is 3. The summed E-state index contributed by atoms with van der Waals surface area (Å²) < 4.78 is 0. The number of nitrogens with one attached hydrogen (secondary N) is 6. The maximum absolute atomic E-state index is 12.6. The Balaban J connectivity index is 1.80. The highest BCUT2D eigenvalue weighted by molar-refractivity contribution is 5.96. The lowest BCUT2D eigenvalue weighted by Crippen LogP contribution is -2.53. The van der Waals surface area contributed by atoms with E-state index in [1.54, 1.807) is 12.1 Å². The first kappa shape index (κ1) is 40.3. The lowest BCUT2D eigenvalue weighted by atomic mass is 10.1. The number of primary amides is 1. The van der Waals surface area contributed by atoms with Gasteiger partial charge < -0.3 is 58.7 Å². The second kappa shape index (κ2) is 19.8. The summed E-state index contributed by atoms with van der Waals surface area (Å²) in [4.78, 5) is 114. The van der Waals surface area contributed by atoms with Gasteiger partial charge >= 0.3 is 17.9 Å². The fourth-order valence-electron chi connectivity index (χ4n) is 4.04. The van der Waals surface area contributed by atoms with Crippen LogP contribution in [0.3, 0.4) is 0 Å². The van der Waals surface area contributed by atoms with Gasteiger partial charge in [0.15, 0.2) is 11.5 Å². The molecule has 22 heteroatoms. The Kier molecular flexibility index (Phi) is 15.7. The molecule has 0 saturated carbocycles. The predicted molar refractivity (Wildman–Crippen MR) is 172 cm³/mol. The van der Waals surface area contributed by atoms with E-state index < -0.39 is 91.4 Å². The number of aromatic nitrogens is 2. The molecule has 2 aromatic rings. The molecule has 2 unspecified atom stereocenters. The van der Waals surface area contributed by atoms with E-state index in [-0.39, 0.29) is 37.4 Å². The monoisotopic (exact) mass is 716 g/mol. The Morgan fingerprint density at radius 3 is 1.86 bits per heavy atom. The first-order valence-electron chi connectivity index (χ1n) is 14.9. The normalized spacial score (nSPS) is 11.5. The van der Waals surface area contributed by atoms with Gasteiger partial charge in [0.1, 0.15) is 18.6 Å². The van der Waals surface area contributed by atoms with Crippen LogP contribution in [0.2, 0.25) is 0 Å². The molecule has 0 radical (unpaired) electrons. The van der Waals surface area contributed by atoms with Crippen molar-refractivity contribution in [1.82, 2.24) is 36.6 Å². The average molecular weight is 717 g/mol. The fraction of sp³-hybridized carbons (Fsp3) is 0.345. The number of carbonyl (C=O) groups is 9. The van der Waals surface area contributed by atoms with E-state index in [2.05, 4.69) is 31.2 Å². The number of rotatable bonds is 21. The molecular weight excluding hydrogens is 680 g/mol. The molecule has 6 amide bonds. The summed E-state index contributed by atoms with van der Waals surface area (Å²) in [5.74, 6) is -9.72. The average Bonchev–Trinajstić information content (AvgIpc) is 3.06. The van der Waals surface area contributed by atoms with Gasteiger partial charge in [-0.3, -0.25) is 43.2 Å². The quantitative estimate of drug-likeness (QED) is 0.0559. The van der Waals surface area contributed by atoms with Crippen LogP contribution in [0.1, 0.15) is 52.2 Å². The minimum absolute atomic E-state index is 0.0395. The zero-order chi connectivity index (χ0) is 38.1. The highest BCUT2D eigenvalue weighted by Crippen LogP contribution is 2.12. The number of nitrogens with zero attached hydrogens (tertiary/aromatic N) is 2. The number of hydrogen-bond donors (Lipinski definition) is 11. The van der Waals surface area contributed by atoms with Crippen molar-refractivity contribution < 1.29 is 58.5 Å². The third-order valence-corrected chi connectivity index (χ3v) is 6.47. The largest absolute Gasteiger partial charge is 0.481 e. The van der Waals surface area contributed by atoms with Gasteiger partial charge in [-0.15, -0.1) is 0 Å². The molecule has 13 N–H and O–H groups in total. The highest BCUT2D eigenvalue weighted by atomic mass is 16.4. The molecule has 1 aromatic heterocycles. The zero-order valence-electron chi connectivity index (χ0n) is 26.8. The van der Waals surface area contributed by atoms with Crippen molar-refractivity contribution >= 4 is 64.9 Å². The van der Waals surface area contributed by atoms with Gasteiger partial charge in [0.25, 0.3) is 11.8 Å². The Hall–Kier alpha value is -6.87. The van der Waals surface area contributed by atoms with E-state index in [0.29, 0.717) is 16.9 Å². The van der Waals surface area contributed by atoms with Crippen molar-refractivity contribution in [3.63, 3.8) is 0 Å². The molecule has 51 heavy (non-hydrogen) atoms. The number of carboxylic acid groups (broad SMARTS) is 3. The van der Waals surface area contributed by atoms with E-state index in [4.69, 9.17) is 26.8 Å². The van der Waals surface area contributed by atoms with Crippen LogP contribution in [0.5, 0.6) is 0 Å². The van der Waals surface area contributed by atoms with Crippen molar-refractivity contribution in [2.75, 3.05) is 30.7 Å². The third kappa shape index (κ3) is 14.8. The van der Waals surface area contributed by atoms with Crippen molar-refractivity contribution in [2.24, 2.45) is 5.73 Å². The first-order valence-corrected chi connectivity index (χ1v) is 14.9. The highest BCUT2D eigenvalue weighted by Gasteiger charge is 2.27. The van der Waals surface area contributed by atoms with Gasteiger partial charge in [-0.25, -0.2) is 9.97 Å². The van der Waals surface area contributed by atoms with E-state index >= 15 is 0 Å². The predicted octanol–water partition coefficient (Wildman–Crippen LogP) is -3.48. The lowest BCUT2D eigenvalue weighted by Gasteiger charge is -2.19. The van der Waals surface area contributed by atoms with Crippen molar-refractivity contribution in [3.8, 4) is 0 Å². The van der Waals surface area contributed by atoms with Crippen molar-refractivity contribution in [1.29, 1.82) is 0 Å². The molecule has 0 aliphatic rings. The molecule has 2 rings (SSSR count). The second-order valence-corrected chi connectivity index (χ2v) is 10.5. The first-order chi connectivity index (χ1) is 24.0. The summed E-state index contributed by atoms with van der Waals surface area (Å²) in [6, 6.07) is 3.00. The number of benzene rings is 1. The van der Waals surface area contributed by atoms with E-state index in [1.165, 1.54) is 18.3 Å². The summed E-state index contributed by atoms with van der Waals surface area (Å²) in [6.45, 7) is -1.47. The Morgan fingerprint density at radius 2 is 1.31 bits per heavy atom. The summed E-state index contributed by atoms with van der Waals surface area (Å²) in [6.07, 6.45) is -0.506. The van der Waals surface area contributed by atoms with Crippen LogP contribution in [0.4, 0.5) is 11.5 Å². The van der Waals surface area contributed by atoms with Crippen LogP contribution < -0.4 is 43.4 Å². The van der Waals surface area contributed by atoms with E-state index in [1.807, 2.05) is 10.6 Å². The molecule has 1 aromatic carbocycles. The number of anilines is 2. The molecular formula is C29H36N10O12. The Labute approximate surface area is 288 Å². The molecule has 0 aliphatic heterocycles. The molecule has 0 bridgehead atoms. The van der Waals surface area contributed by atoms with Crippen LogP contribution in [-0.2, 0) is 40.1 Å². The van der Waals surface area contributed by atoms with Crippen LogP contribution >= 0.6 is 0 Å². The number of nitrogens with two attached hydrogens (primary N) is 2. The summed E-state index contributed by atoms with van der Waals surface area (Å²) in [5, 5.41) is 40.7. The fourth-order valence-corrected chi connectivity index (χ4v) is 4.04. The Morgan fingerprint density at radius 1 is 0.745 bits per heavy atom. The number of carboxylic acids is 3. The smallest absolute Gasteiger partial charge is 0.322 e. The van der Waals surface area contributed by atoms with E-state index in [9.17, 15) is 43.2 Å². The standard InChI is InChI=1S/C29H36N10O12/c30-25-24(26(31)48)37-16(11-34-25)10-33-15-5-3-14(4-6-15)27(49)32-7-1-2-19(40)38-17(8-21(42)43)28(50)35-12-20(41)39-18(9-22(44)45)29(51)36-13-23(46)47/h3-6,11,17-18,33H,1-2,7-10,12-13H2,(H2,30,34)(H2,31,48)(H,32,49)(H,35,50)(H,36,51)(H,38,40)(H,39,41)(H,42,43)(H,44,45)(H,46,47). The summed E-state index contributed by atoms with van der Waals surface area (Å²) >= 11 is 0. The number of amides is 6. The van der Waals surface area contributed by atoms with Crippen molar-refractivity contribution in [2.45, 2.75) is 44.3 Å². The van der Waals surface area contributed by atoms with Gasteiger partial charge in [-0.05, 0) is 30.7 Å². The number of carbonyl (C=O) groups excluding carboxylic acids is 6. The number of hydrogen-bond acceptors (Lipinski definition) is 13. The van der Waals surface area contributed by atoms with Gasteiger partial charge in [0, 0.05) is 24.2 Å². The van der Waals surface area contributed by atoms with Gasteiger partial charge in [-0.2, -0.15) is 0 Å². The van der Waals surface area contributed by atoms with Gasteiger partial charge in [-0.1, -0.05) is 0 Å². The van der Waals surface area contributed by atoms with E-state index in [0.717, 1.165) is 0 Å². The maximum Gasteiger partial charge on any atom is 0.322 e. The molecule has 274 valence electrons. The van der Waals surface area contributed by atoms with Gasteiger partial charge in [0.05, 0.1) is 37.8 Å². The maximum atomic E-state index is 12.6. The summed E-state index contributed by atoms with van der Waals surface area (Å²) in [7, 11) is 0. The minimum atomic E-state index is -1.68.